The molecule has 10 heteroatoms. The molecule has 0 aromatic rings. The Kier molecular flexibility index (Phi) is 11.8. The Labute approximate surface area is 134 Å². The van der Waals surface area contributed by atoms with Crippen LogP contribution in [0.5, 0.6) is 0 Å². The third kappa shape index (κ3) is 11.5. The van der Waals surface area contributed by atoms with E-state index in [2.05, 4.69) is 20.7 Å². The lowest BCUT2D eigenvalue weighted by molar-refractivity contribution is -0.148. The van der Waals surface area contributed by atoms with Gasteiger partial charge in [0.15, 0.2) is 0 Å². The highest BCUT2D eigenvalue weighted by molar-refractivity contribution is 5.85. The quantitative estimate of drug-likeness (QED) is 0.123. The van der Waals surface area contributed by atoms with Gasteiger partial charge in [0.05, 0.1) is 19.7 Å². The first-order chi connectivity index (χ1) is 10.9. The SMILES string of the molecule is CC(NC(=O)CNC(O)CCCNC(=O)CN)C(=O)OCCO. The lowest BCUT2D eigenvalue weighted by atomic mass is 10.2. The Morgan fingerprint density at radius 1 is 1.26 bits per heavy atom. The minimum Gasteiger partial charge on any atom is -0.462 e. The number of nitrogens with one attached hydrogen (secondary N) is 3. The van der Waals surface area contributed by atoms with Crippen LogP contribution < -0.4 is 21.7 Å². The first kappa shape index (κ1) is 21.2. The van der Waals surface area contributed by atoms with E-state index < -0.39 is 24.1 Å². The number of aliphatic hydroxyl groups is 2. The van der Waals surface area contributed by atoms with Gasteiger partial charge in [-0.05, 0) is 19.8 Å². The summed E-state index contributed by atoms with van der Waals surface area (Å²) in [5.41, 5.74) is 5.12. The summed E-state index contributed by atoms with van der Waals surface area (Å²) in [6, 6.07) is -0.848. The molecule has 0 aromatic carbocycles. The van der Waals surface area contributed by atoms with Crippen LogP contribution in [0.25, 0.3) is 0 Å². The van der Waals surface area contributed by atoms with Gasteiger partial charge in [0.1, 0.15) is 18.9 Å². The van der Waals surface area contributed by atoms with Crippen molar-refractivity contribution >= 4 is 17.8 Å². The van der Waals surface area contributed by atoms with Crippen LogP contribution >= 0.6 is 0 Å². The highest BCUT2D eigenvalue weighted by Gasteiger charge is 2.17. The van der Waals surface area contributed by atoms with Gasteiger partial charge in [-0.3, -0.25) is 14.9 Å². The Morgan fingerprint density at radius 2 is 1.96 bits per heavy atom. The van der Waals surface area contributed by atoms with Crippen molar-refractivity contribution in [1.82, 2.24) is 16.0 Å². The summed E-state index contributed by atoms with van der Waals surface area (Å²) < 4.78 is 4.66. The largest absolute Gasteiger partial charge is 0.462 e. The number of hydrogen-bond acceptors (Lipinski definition) is 8. The van der Waals surface area contributed by atoms with E-state index in [4.69, 9.17) is 10.8 Å². The van der Waals surface area contributed by atoms with Crippen molar-refractivity contribution in [2.24, 2.45) is 5.73 Å². The predicted molar refractivity (Wildman–Crippen MR) is 81.0 cm³/mol. The maximum atomic E-state index is 11.6. The molecule has 134 valence electrons. The van der Waals surface area contributed by atoms with Crippen LogP contribution in [0.15, 0.2) is 0 Å². The summed E-state index contributed by atoms with van der Waals surface area (Å²) >= 11 is 0. The van der Waals surface area contributed by atoms with Gasteiger partial charge < -0.3 is 31.3 Å². The molecule has 10 nitrogen and oxygen atoms in total. The Bertz CT molecular complexity index is 379. The second-order valence-electron chi connectivity index (χ2n) is 4.77. The van der Waals surface area contributed by atoms with Gasteiger partial charge >= 0.3 is 5.97 Å². The normalized spacial score (nSPS) is 13.0. The molecule has 0 aliphatic heterocycles. The maximum Gasteiger partial charge on any atom is 0.328 e. The second-order valence-corrected chi connectivity index (χ2v) is 4.77. The van der Waals surface area contributed by atoms with Gasteiger partial charge in [0.2, 0.25) is 11.8 Å². The third-order valence-electron chi connectivity index (χ3n) is 2.73. The number of ether oxygens (including phenoxy) is 1. The van der Waals surface area contributed by atoms with Crippen molar-refractivity contribution < 1.29 is 29.3 Å². The fourth-order valence-electron chi connectivity index (χ4n) is 1.53. The fraction of sp³-hybridized carbons (Fsp3) is 0.769. The molecule has 0 bridgehead atoms. The molecule has 2 amide bonds. The van der Waals surface area contributed by atoms with Crippen LogP contribution in [0.2, 0.25) is 0 Å². The highest BCUT2D eigenvalue weighted by Crippen LogP contribution is 1.93. The number of esters is 1. The molecule has 2 unspecified atom stereocenters. The number of aliphatic hydroxyl groups excluding tert-OH is 2. The van der Waals surface area contributed by atoms with Crippen LogP contribution in [0.1, 0.15) is 19.8 Å². The van der Waals surface area contributed by atoms with Gasteiger partial charge in [0, 0.05) is 6.54 Å². The lowest BCUT2D eigenvalue weighted by Gasteiger charge is -2.15. The fourth-order valence-corrected chi connectivity index (χ4v) is 1.53. The van der Waals surface area contributed by atoms with Crippen molar-refractivity contribution in [3.63, 3.8) is 0 Å². The molecule has 0 aliphatic carbocycles. The van der Waals surface area contributed by atoms with E-state index in [1.165, 1.54) is 6.92 Å². The van der Waals surface area contributed by atoms with Crippen LogP contribution in [0, 0.1) is 0 Å². The van der Waals surface area contributed by atoms with Gasteiger partial charge in [-0.1, -0.05) is 0 Å². The first-order valence-corrected chi connectivity index (χ1v) is 7.35. The zero-order valence-electron chi connectivity index (χ0n) is 13.2. The zero-order valence-corrected chi connectivity index (χ0v) is 13.2. The van der Waals surface area contributed by atoms with Crippen molar-refractivity contribution in [2.45, 2.75) is 32.0 Å². The molecular formula is C13H26N4O6. The summed E-state index contributed by atoms with van der Waals surface area (Å²) in [5.74, 6) is -1.40. The van der Waals surface area contributed by atoms with E-state index in [1.54, 1.807) is 0 Å². The number of carbonyl (C=O) groups excluding carboxylic acids is 3. The average molecular weight is 334 g/mol. The van der Waals surface area contributed by atoms with E-state index in [0.717, 1.165) is 0 Å². The Morgan fingerprint density at radius 3 is 2.57 bits per heavy atom. The van der Waals surface area contributed by atoms with Crippen molar-refractivity contribution in [3.05, 3.63) is 0 Å². The lowest BCUT2D eigenvalue weighted by Crippen LogP contribution is -2.45. The summed E-state index contributed by atoms with van der Waals surface area (Å²) in [7, 11) is 0. The van der Waals surface area contributed by atoms with Gasteiger partial charge in [-0.25, -0.2) is 4.79 Å². The van der Waals surface area contributed by atoms with Crippen molar-refractivity contribution in [3.8, 4) is 0 Å². The van der Waals surface area contributed by atoms with E-state index in [-0.39, 0.29) is 32.2 Å². The number of carbonyl (C=O) groups is 3. The molecule has 23 heavy (non-hydrogen) atoms. The van der Waals surface area contributed by atoms with E-state index >= 15 is 0 Å². The van der Waals surface area contributed by atoms with Crippen molar-refractivity contribution in [2.75, 3.05) is 32.8 Å². The number of amides is 2. The van der Waals surface area contributed by atoms with Crippen LogP contribution in [0.4, 0.5) is 0 Å². The number of nitrogens with two attached hydrogens (primary N) is 1. The summed E-state index contributed by atoms with van der Waals surface area (Å²) in [4.78, 5) is 33.8. The van der Waals surface area contributed by atoms with Gasteiger partial charge in [-0.15, -0.1) is 0 Å². The number of hydrogen-bond donors (Lipinski definition) is 6. The molecule has 2 atom stereocenters. The van der Waals surface area contributed by atoms with Crippen LogP contribution in [0.3, 0.4) is 0 Å². The predicted octanol–water partition coefficient (Wildman–Crippen LogP) is -3.21. The third-order valence-corrected chi connectivity index (χ3v) is 2.73. The minimum atomic E-state index is -0.910. The molecule has 7 N–H and O–H groups in total. The van der Waals surface area contributed by atoms with Crippen molar-refractivity contribution in [1.29, 1.82) is 0 Å². The molecule has 0 radical (unpaired) electrons. The monoisotopic (exact) mass is 334 g/mol. The van der Waals surface area contributed by atoms with E-state index in [0.29, 0.717) is 19.4 Å². The summed E-state index contributed by atoms with van der Waals surface area (Å²) in [5, 5.41) is 25.7. The molecule has 0 saturated carbocycles. The molecule has 0 rings (SSSR count). The Balaban J connectivity index is 3.78. The molecule has 0 aromatic heterocycles. The topological polar surface area (TPSA) is 163 Å². The standard InChI is InChI=1S/C13H26N4O6/c1-9(13(22)23-6-5-18)17-12(21)8-16-10(19)3-2-4-15-11(20)7-14/h9-10,16,18-19H,2-8,14H2,1H3,(H,15,20)(H,17,21). The highest BCUT2D eigenvalue weighted by atomic mass is 16.5. The molecule has 0 aliphatic rings. The van der Waals surface area contributed by atoms with Crippen LogP contribution in [-0.4, -0.2) is 73.1 Å². The molecular weight excluding hydrogens is 308 g/mol. The molecule has 0 spiro atoms. The minimum absolute atomic E-state index is 0.0834. The molecule has 0 heterocycles. The maximum absolute atomic E-state index is 11.6. The number of rotatable bonds is 12. The average Bonchev–Trinajstić information content (AvgIpc) is 2.54. The first-order valence-electron chi connectivity index (χ1n) is 7.35. The Hall–Kier alpha value is -1.75. The second kappa shape index (κ2) is 12.8. The van der Waals surface area contributed by atoms with Gasteiger partial charge in [-0.2, -0.15) is 0 Å². The van der Waals surface area contributed by atoms with E-state index in [9.17, 15) is 19.5 Å². The van der Waals surface area contributed by atoms with Gasteiger partial charge in [0.25, 0.3) is 0 Å². The van der Waals surface area contributed by atoms with E-state index in [1.807, 2.05) is 0 Å². The summed E-state index contributed by atoms with van der Waals surface area (Å²) in [6.07, 6.45) is -0.0513. The summed E-state index contributed by atoms with van der Waals surface area (Å²) in [6.45, 7) is 1.17. The smallest absolute Gasteiger partial charge is 0.328 e. The van der Waals surface area contributed by atoms with Crippen LogP contribution in [-0.2, 0) is 19.1 Å². The molecule has 0 fully saturated rings. The zero-order chi connectivity index (χ0) is 17.7. The molecule has 0 saturated heterocycles.